The first-order valence-corrected chi connectivity index (χ1v) is 7.38. The molecule has 0 aliphatic heterocycles. The van der Waals surface area contributed by atoms with Gasteiger partial charge < -0.3 is 5.32 Å². The predicted octanol–water partition coefficient (Wildman–Crippen LogP) is 3.56. The highest BCUT2D eigenvalue weighted by atomic mass is 32.1. The van der Waals surface area contributed by atoms with E-state index < -0.39 is 0 Å². The van der Waals surface area contributed by atoms with Gasteiger partial charge in [0.15, 0.2) is 0 Å². The molecule has 4 heteroatoms. The number of hydrogen-bond donors (Lipinski definition) is 2. The standard InChI is InChI=1S/C15H16N2OS/c18-15(17-14-5-2-8-19-14)16-10-11-6-7-12-3-1-4-13(12)9-11/h2,5-9H,1,3-4,10H2,(H2,16,17,18). The Kier molecular flexibility index (Phi) is 3.51. The van der Waals surface area contributed by atoms with Crippen molar-refractivity contribution in [3.8, 4) is 0 Å². The lowest BCUT2D eigenvalue weighted by Gasteiger charge is -2.07. The number of benzene rings is 1. The van der Waals surface area contributed by atoms with Crippen LogP contribution in [0.2, 0.25) is 0 Å². The van der Waals surface area contributed by atoms with Crippen LogP contribution in [0.15, 0.2) is 35.7 Å². The fraction of sp³-hybridized carbons (Fsp3) is 0.267. The zero-order chi connectivity index (χ0) is 13.1. The van der Waals surface area contributed by atoms with E-state index in [9.17, 15) is 4.79 Å². The van der Waals surface area contributed by atoms with Crippen LogP contribution >= 0.6 is 11.3 Å². The number of hydrogen-bond acceptors (Lipinski definition) is 2. The van der Waals surface area contributed by atoms with Gasteiger partial charge >= 0.3 is 6.03 Å². The van der Waals surface area contributed by atoms with Gasteiger partial charge in [0, 0.05) is 6.54 Å². The molecule has 0 radical (unpaired) electrons. The van der Waals surface area contributed by atoms with Crippen LogP contribution < -0.4 is 10.6 Å². The Morgan fingerprint density at radius 3 is 2.95 bits per heavy atom. The van der Waals surface area contributed by atoms with Crippen LogP contribution in [0.4, 0.5) is 9.80 Å². The van der Waals surface area contributed by atoms with E-state index >= 15 is 0 Å². The fourth-order valence-electron chi connectivity index (χ4n) is 2.42. The van der Waals surface area contributed by atoms with Gasteiger partial charge in [-0.05, 0) is 53.5 Å². The zero-order valence-corrected chi connectivity index (χ0v) is 11.4. The summed E-state index contributed by atoms with van der Waals surface area (Å²) in [5.41, 5.74) is 4.08. The van der Waals surface area contributed by atoms with Crippen LogP contribution in [-0.4, -0.2) is 6.03 Å². The number of thiophene rings is 1. The summed E-state index contributed by atoms with van der Waals surface area (Å²) in [7, 11) is 0. The van der Waals surface area contributed by atoms with Crippen LogP contribution in [0.3, 0.4) is 0 Å². The van der Waals surface area contributed by atoms with Crippen LogP contribution in [0.25, 0.3) is 0 Å². The molecule has 0 fully saturated rings. The van der Waals surface area contributed by atoms with E-state index in [2.05, 4.69) is 28.8 Å². The summed E-state index contributed by atoms with van der Waals surface area (Å²) in [4.78, 5) is 11.7. The summed E-state index contributed by atoms with van der Waals surface area (Å²) in [5.74, 6) is 0. The summed E-state index contributed by atoms with van der Waals surface area (Å²) >= 11 is 1.52. The summed E-state index contributed by atoms with van der Waals surface area (Å²) in [6, 6.07) is 10.2. The molecular weight excluding hydrogens is 256 g/mol. The van der Waals surface area contributed by atoms with Crippen molar-refractivity contribution in [1.29, 1.82) is 0 Å². The van der Waals surface area contributed by atoms with Crippen LogP contribution in [0.5, 0.6) is 0 Å². The molecule has 1 heterocycles. The van der Waals surface area contributed by atoms with E-state index in [1.54, 1.807) is 0 Å². The number of rotatable bonds is 3. The molecule has 1 aromatic carbocycles. The van der Waals surface area contributed by atoms with E-state index in [-0.39, 0.29) is 6.03 Å². The third-order valence-corrected chi connectivity index (χ3v) is 4.16. The molecule has 1 aliphatic carbocycles. The maximum absolute atomic E-state index is 11.7. The topological polar surface area (TPSA) is 41.1 Å². The Hall–Kier alpha value is -1.81. The van der Waals surface area contributed by atoms with Crippen molar-refractivity contribution in [3.05, 3.63) is 52.4 Å². The molecule has 98 valence electrons. The van der Waals surface area contributed by atoms with Gasteiger partial charge in [-0.1, -0.05) is 18.2 Å². The maximum Gasteiger partial charge on any atom is 0.320 e. The molecule has 0 spiro atoms. The summed E-state index contributed by atoms with van der Waals surface area (Å²) in [5, 5.41) is 8.51. The molecule has 2 aromatic rings. The largest absolute Gasteiger partial charge is 0.334 e. The average Bonchev–Trinajstić information content (AvgIpc) is 3.06. The van der Waals surface area contributed by atoms with Gasteiger partial charge in [0.1, 0.15) is 0 Å². The fourth-order valence-corrected chi connectivity index (χ4v) is 3.04. The van der Waals surface area contributed by atoms with Crippen molar-refractivity contribution in [2.24, 2.45) is 0 Å². The van der Waals surface area contributed by atoms with E-state index in [4.69, 9.17) is 0 Å². The summed E-state index contributed by atoms with van der Waals surface area (Å²) < 4.78 is 0. The number of fused-ring (bicyclic) bond motifs is 1. The minimum absolute atomic E-state index is 0.150. The molecule has 19 heavy (non-hydrogen) atoms. The molecule has 1 aliphatic rings. The average molecular weight is 272 g/mol. The molecule has 0 saturated carbocycles. The highest BCUT2D eigenvalue weighted by molar-refractivity contribution is 7.14. The van der Waals surface area contributed by atoms with Crippen molar-refractivity contribution in [2.45, 2.75) is 25.8 Å². The number of carbonyl (C=O) groups excluding carboxylic acids is 1. The quantitative estimate of drug-likeness (QED) is 0.881. The number of anilines is 1. The van der Waals surface area contributed by atoms with E-state index in [0.29, 0.717) is 6.54 Å². The van der Waals surface area contributed by atoms with Gasteiger partial charge in [-0.15, -0.1) is 11.3 Å². The van der Waals surface area contributed by atoms with Gasteiger partial charge in [-0.25, -0.2) is 4.79 Å². The lowest BCUT2D eigenvalue weighted by Crippen LogP contribution is -2.27. The zero-order valence-electron chi connectivity index (χ0n) is 10.6. The monoisotopic (exact) mass is 272 g/mol. The Morgan fingerprint density at radius 2 is 2.11 bits per heavy atom. The van der Waals surface area contributed by atoms with Crippen LogP contribution in [0.1, 0.15) is 23.1 Å². The molecule has 0 unspecified atom stereocenters. The first-order chi connectivity index (χ1) is 9.31. The number of aryl methyl sites for hydroxylation is 2. The summed E-state index contributed by atoms with van der Waals surface area (Å²) in [6.07, 6.45) is 3.62. The van der Waals surface area contributed by atoms with Crippen LogP contribution in [-0.2, 0) is 19.4 Å². The molecule has 3 nitrogen and oxygen atoms in total. The Morgan fingerprint density at radius 1 is 1.21 bits per heavy atom. The Balaban J connectivity index is 1.56. The minimum Gasteiger partial charge on any atom is -0.334 e. The Labute approximate surface area is 116 Å². The lowest BCUT2D eigenvalue weighted by atomic mass is 10.1. The molecule has 3 rings (SSSR count). The maximum atomic E-state index is 11.7. The predicted molar refractivity (Wildman–Crippen MR) is 78.6 cm³/mol. The second-order valence-corrected chi connectivity index (χ2v) is 5.69. The molecule has 2 N–H and O–H groups in total. The van der Waals surface area contributed by atoms with Gasteiger partial charge in [0.2, 0.25) is 0 Å². The van der Waals surface area contributed by atoms with Crippen molar-refractivity contribution in [3.63, 3.8) is 0 Å². The van der Waals surface area contributed by atoms with Crippen molar-refractivity contribution < 1.29 is 4.79 Å². The van der Waals surface area contributed by atoms with Crippen molar-refractivity contribution in [2.75, 3.05) is 5.32 Å². The molecular formula is C15H16N2OS. The lowest BCUT2D eigenvalue weighted by molar-refractivity contribution is 0.252. The first-order valence-electron chi connectivity index (χ1n) is 6.50. The van der Waals surface area contributed by atoms with E-state index in [1.807, 2.05) is 17.5 Å². The first kappa shape index (κ1) is 12.2. The molecule has 0 bridgehead atoms. The number of nitrogens with one attached hydrogen (secondary N) is 2. The van der Waals surface area contributed by atoms with E-state index in [0.717, 1.165) is 5.00 Å². The second kappa shape index (κ2) is 5.45. The number of amides is 2. The third-order valence-electron chi connectivity index (χ3n) is 3.37. The van der Waals surface area contributed by atoms with Gasteiger partial charge in [0.05, 0.1) is 5.00 Å². The molecule has 1 aromatic heterocycles. The van der Waals surface area contributed by atoms with Crippen LogP contribution in [0, 0.1) is 0 Å². The molecule has 0 saturated heterocycles. The van der Waals surface area contributed by atoms with Crippen molar-refractivity contribution >= 4 is 22.4 Å². The highest BCUT2D eigenvalue weighted by Gasteiger charge is 2.11. The van der Waals surface area contributed by atoms with Gasteiger partial charge in [0.25, 0.3) is 0 Å². The summed E-state index contributed by atoms with van der Waals surface area (Å²) in [6.45, 7) is 0.574. The number of urea groups is 1. The van der Waals surface area contributed by atoms with Crippen molar-refractivity contribution in [1.82, 2.24) is 5.32 Å². The third kappa shape index (κ3) is 2.96. The highest BCUT2D eigenvalue weighted by Crippen LogP contribution is 2.22. The molecule has 0 atom stereocenters. The normalized spacial score (nSPS) is 13.1. The van der Waals surface area contributed by atoms with E-state index in [1.165, 1.54) is 47.3 Å². The second-order valence-electron chi connectivity index (χ2n) is 4.74. The molecule has 2 amide bonds. The minimum atomic E-state index is -0.150. The SMILES string of the molecule is O=C(NCc1ccc2c(c1)CCC2)Nc1cccs1. The van der Waals surface area contributed by atoms with Gasteiger partial charge in [-0.2, -0.15) is 0 Å². The smallest absolute Gasteiger partial charge is 0.320 e. The van der Waals surface area contributed by atoms with Gasteiger partial charge in [-0.3, -0.25) is 5.32 Å². The number of carbonyl (C=O) groups is 1. The Bertz CT molecular complexity index is 578.